The van der Waals surface area contributed by atoms with Gasteiger partial charge in [-0.2, -0.15) is 0 Å². The number of nitrogens with one attached hydrogen (secondary N) is 1. The van der Waals surface area contributed by atoms with Crippen molar-refractivity contribution in [3.63, 3.8) is 0 Å². The van der Waals surface area contributed by atoms with Crippen molar-refractivity contribution in [1.29, 1.82) is 0 Å². The largest absolute Gasteiger partial charge is 0.357 e. The first-order chi connectivity index (χ1) is 10.7. The second-order valence-corrected chi connectivity index (χ2v) is 4.85. The smallest absolute Gasteiger partial charge is 0.189 e. The molecule has 0 saturated heterocycles. The lowest BCUT2D eigenvalue weighted by atomic mass is 10.1. The van der Waals surface area contributed by atoms with E-state index in [4.69, 9.17) is 5.73 Å². The number of hydrogen-bond donors (Lipinski definition) is 2. The van der Waals surface area contributed by atoms with Crippen molar-refractivity contribution < 1.29 is 4.39 Å². The maximum absolute atomic E-state index is 13.5. The number of halogens is 1. The van der Waals surface area contributed by atoms with Crippen LogP contribution >= 0.6 is 0 Å². The second kappa shape index (κ2) is 5.84. The predicted octanol–water partition coefficient (Wildman–Crippen LogP) is 2.53. The lowest BCUT2D eigenvalue weighted by Crippen LogP contribution is -2.08. The molecule has 3 aromatic rings. The van der Waals surface area contributed by atoms with E-state index < -0.39 is 0 Å². The van der Waals surface area contributed by atoms with E-state index in [9.17, 15) is 9.18 Å². The van der Waals surface area contributed by atoms with Gasteiger partial charge in [-0.3, -0.25) is 4.79 Å². The Hall–Kier alpha value is -2.90. The van der Waals surface area contributed by atoms with Gasteiger partial charge in [0.1, 0.15) is 5.82 Å². The van der Waals surface area contributed by atoms with Crippen molar-refractivity contribution in [2.45, 2.75) is 6.54 Å². The highest BCUT2D eigenvalue weighted by atomic mass is 19.1. The van der Waals surface area contributed by atoms with E-state index >= 15 is 0 Å². The maximum Gasteiger partial charge on any atom is 0.189 e. The van der Waals surface area contributed by atoms with Crippen LogP contribution in [0.1, 0.15) is 16.8 Å². The second-order valence-electron chi connectivity index (χ2n) is 4.85. The number of aromatic nitrogens is 1. The first-order valence-corrected chi connectivity index (χ1v) is 6.80. The van der Waals surface area contributed by atoms with Crippen LogP contribution < -0.4 is 11.2 Å². The summed E-state index contributed by atoms with van der Waals surface area (Å²) in [5.74, 6) is 5.30. The van der Waals surface area contributed by atoms with Gasteiger partial charge in [0.15, 0.2) is 5.43 Å². The fraction of sp³-hybridized carbons (Fsp3) is 0.0556. The lowest BCUT2D eigenvalue weighted by molar-refractivity contribution is 0.624. The molecule has 3 N–H and O–H groups in total. The molecule has 3 rings (SSSR count). The van der Waals surface area contributed by atoms with Crippen LogP contribution in [0, 0.1) is 17.7 Å². The van der Waals surface area contributed by atoms with Crippen molar-refractivity contribution in [3.05, 3.63) is 81.4 Å². The number of fused-ring (bicyclic) bond motifs is 1. The van der Waals surface area contributed by atoms with E-state index in [0.29, 0.717) is 27.7 Å². The van der Waals surface area contributed by atoms with Gasteiger partial charge in [-0.1, -0.05) is 24.0 Å². The minimum Gasteiger partial charge on any atom is -0.357 e. The average Bonchev–Trinajstić information content (AvgIpc) is 2.54. The van der Waals surface area contributed by atoms with E-state index in [1.165, 1.54) is 12.1 Å². The summed E-state index contributed by atoms with van der Waals surface area (Å²) >= 11 is 0. The SMILES string of the molecule is NCc1cc(=O)c2cc(C#Cc3ccccc3F)ccc2[nH]1. The quantitative estimate of drug-likeness (QED) is 0.677. The van der Waals surface area contributed by atoms with Crippen LogP contribution in [0.25, 0.3) is 10.9 Å². The van der Waals surface area contributed by atoms with Crippen molar-refractivity contribution in [2.75, 3.05) is 0 Å². The third kappa shape index (κ3) is 2.76. The highest BCUT2D eigenvalue weighted by Crippen LogP contribution is 2.11. The standard InChI is InChI=1S/C18H13FN2O/c19-16-4-2-1-3-13(16)7-5-12-6-8-17-15(9-12)18(22)10-14(11-20)21-17/h1-4,6,8-10H,11,20H2,(H,21,22). The summed E-state index contributed by atoms with van der Waals surface area (Å²) in [7, 11) is 0. The number of benzene rings is 2. The zero-order chi connectivity index (χ0) is 15.5. The molecule has 22 heavy (non-hydrogen) atoms. The van der Waals surface area contributed by atoms with E-state index in [-0.39, 0.29) is 17.8 Å². The zero-order valence-electron chi connectivity index (χ0n) is 11.7. The van der Waals surface area contributed by atoms with Crippen LogP contribution in [-0.2, 0) is 6.54 Å². The fourth-order valence-electron chi connectivity index (χ4n) is 2.19. The average molecular weight is 292 g/mol. The number of nitrogens with two attached hydrogens (primary N) is 1. The molecular weight excluding hydrogens is 279 g/mol. The third-order valence-electron chi connectivity index (χ3n) is 3.32. The van der Waals surface area contributed by atoms with Crippen LogP contribution in [0.15, 0.2) is 53.3 Å². The summed E-state index contributed by atoms with van der Waals surface area (Å²) in [5.41, 5.74) is 7.81. The Morgan fingerprint density at radius 2 is 1.91 bits per heavy atom. The number of H-pyrrole nitrogens is 1. The maximum atomic E-state index is 13.5. The summed E-state index contributed by atoms with van der Waals surface area (Å²) in [6.07, 6.45) is 0. The fourth-order valence-corrected chi connectivity index (χ4v) is 2.19. The molecular formula is C18H13FN2O. The monoisotopic (exact) mass is 292 g/mol. The Balaban J connectivity index is 2.06. The molecule has 0 unspecified atom stereocenters. The molecule has 0 bridgehead atoms. The Labute approximate surface area is 126 Å². The summed E-state index contributed by atoms with van der Waals surface area (Å²) in [5, 5.41) is 0.539. The Morgan fingerprint density at radius 3 is 2.68 bits per heavy atom. The van der Waals surface area contributed by atoms with Crippen LogP contribution in [0.4, 0.5) is 4.39 Å². The minimum absolute atomic E-state index is 0.108. The summed E-state index contributed by atoms with van der Waals surface area (Å²) in [4.78, 5) is 15.1. The number of pyridine rings is 1. The molecule has 0 atom stereocenters. The molecule has 0 aliphatic carbocycles. The van der Waals surface area contributed by atoms with Gasteiger partial charge in [0, 0.05) is 34.8 Å². The molecule has 4 heteroatoms. The highest BCUT2D eigenvalue weighted by Gasteiger charge is 2.02. The summed E-state index contributed by atoms with van der Waals surface area (Å²) in [6, 6.07) is 13.1. The molecule has 0 radical (unpaired) electrons. The molecule has 2 aromatic carbocycles. The molecule has 108 valence electrons. The normalized spacial score (nSPS) is 10.3. The molecule has 0 fully saturated rings. The number of aromatic amines is 1. The molecule has 1 heterocycles. The Bertz CT molecular complexity index is 964. The summed E-state index contributed by atoms with van der Waals surface area (Å²) in [6.45, 7) is 0.278. The molecule has 0 aliphatic rings. The van der Waals surface area contributed by atoms with Crippen LogP contribution in [0.3, 0.4) is 0 Å². The van der Waals surface area contributed by atoms with Crippen molar-refractivity contribution in [3.8, 4) is 11.8 Å². The zero-order valence-corrected chi connectivity index (χ0v) is 11.7. The van der Waals surface area contributed by atoms with Gasteiger partial charge in [-0.25, -0.2) is 4.39 Å². The number of hydrogen-bond acceptors (Lipinski definition) is 2. The third-order valence-corrected chi connectivity index (χ3v) is 3.32. The first-order valence-electron chi connectivity index (χ1n) is 6.80. The van der Waals surface area contributed by atoms with E-state index in [1.54, 1.807) is 36.4 Å². The van der Waals surface area contributed by atoms with Gasteiger partial charge in [-0.15, -0.1) is 0 Å². The highest BCUT2D eigenvalue weighted by molar-refractivity contribution is 5.80. The van der Waals surface area contributed by atoms with Gasteiger partial charge < -0.3 is 10.7 Å². The molecule has 0 spiro atoms. The molecule has 0 aliphatic heterocycles. The van der Waals surface area contributed by atoms with Crippen molar-refractivity contribution >= 4 is 10.9 Å². The van der Waals surface area contributed by atoms with Gasteiger partial charge >= 0.3 is 0 Å². The topological polar surface area (TPSA) is 58.9 Å². The van der Waals surface area contributed by atoms with Crippen molar-refractivity contribution in [1.82, 2.24) is 4.98 Å². The van der Waals surface area contributed by atoms with Gasteiger partial charge in [0.2, 0.25) is 0 Å². The van der Waals surface area contributed by atoms with Crippen LogP contribution in [0.2, 0.25) is 0 Å². The number of rotatable bonds is 1. The molecule has 3 nitrogen and oxygen atoms in total. The lowest BCUT2D eigenvalue weighted by Gasteiger charge is -2.02. The van der Waals surface area contributed by atoms with Crippen molar-refractivity contribution in [2.24, 2.45) is 5.73 Å². The van der Waals surface area contributed by atoms with Gasteiger partial charge in [0.25, 0.3) is 0 Å². The predicted molar refractivity (Wildman–Crippen MR) is 84.8 cm³/mol. The molecule has 0 saturated carbocycles. The summed E-state index contributed by atoms with van der Waals surface area (Å²) < 4.78 is 13.5. The Kier molecular flexibility index (Phi) is 3.73. The van der Waals surface area contributed by atoms with E-state index in [2.05, 4.69) is 16.8 Å². The van der Waals surface area contributed by atoms with Gasteiger partial charge in [0.05, 0.1) is 5.56 Å². The Morgan fingerprint density at radius 1 is 1.09 bits per heavy atom. The molecule has 1 aromatic heterocycles. The van der Waals surface area contributed by atoms with Crippen LogP contribution in [-0.4, -0.2) is 4.98 Å². The van der Waals surface area contributed by atoms with Crippen LogP contribution in [0.5, 0.6) is 0 Å². The van der Waals surface area contributed by atoms with E-state index in [0.717, 1.165) is 0 Å². The first kappa shape index (κ1) is 14.1. The van der Waals surface area contributed by atoms with Gasteiger partial charge in [-0.05, 0) is 30.3 Å². The van der Waals surface area contributed by atoms with E-state index in [1.807, 2.05) is 0 Å². The molecule has 0 amide bonds. The minimum atomic E-state index is -0.360.